The van der Waals surface area contributed by atoms with Crippen LogP contribution < -0.4 is 0 Å². The van der Waals surface area contributed by atoms with E-state index < -0.39 is 0 Å². The molecule has 0 heterocycles. The van der Waals surface area contributed by atoms with Gasteiger partial charge in [-0.05, 0) is 30.0 Å². The highest BCUT2D eigenvalue weighted by atomic mass is 16.5. The van der Waals surface area contributed by atoms with Crippen molar-refractivity contribution >= 4 is 5.57 Å². The molecule has 102 valence electrons. The quantitative estimate of drug-likeness (QED) is 0.479. The highest BCUT2D eigenvalue weighted by molar-refractivity contribution is 5.67. The maximum Gasteiger partial charge on any atom is 0.0722 e. The first-order valence-corrected chi connectivity index (χ1v) is 6.75. The van der Waals surface area contributed by atoms with Gasteiger partial charge in [0.2, 0.25) is 0 Å². The molecule has 0 bridgehead atoms. The Kier molecular flexibility index (Phi) is 9.99. The van der Waals surface area contributed by atoms with Crippen LogP contribution in [-0.4, -0.2) is 6.61 Å². The lowest BCUT2D eigenvalue weighted by Crippen LogP contribution is -1.97. The van der Waals surface area contributed by atoms with E-state index in [4.69, 9.17) is 4.74 Å². The molecule has 0 radical (unpaired) electrons. The maximum atomic E-state index is 5.58. The van der Waals surface area contributed by atoms with Crippen molar-refractivity contribution in [2.24, 2.45) is 0 Å². The maximum absolute atomic E-state index is 5.58. The summed E-state index contributed by atoms with van der Waals surface area (Å²) in [7, 11) is 0. The smallest absolute Gasteiger partial charge is 0.0722 e. The molecule has 1 aromatic carbocycles. The van der Waals surface area contributed by atoms with Crippen molar-refractivity contribution in [3.05, 3.63) is 54.1 Å². The summed E-state index contributed by atoms with van der Waals surface area (Å²) in [6, 6.07) is 8.35. The molecule has 1 rings (SSSR count). The second-order valence-electron chi connectivity index (χ2n) is 3.80. The van der Waals surface area contributed by atoms with Gasteiger partial charge in [0.1, 0.15) is 0 Å². The van der Waals surface area contributed by atoms with Crippen LogP contribution in [0.2, 0.25) is 0 Å². The molecule has 0 aromatic heterocycles. The fourth-order valence-electron chi connectivity index (χ4n) is 1.62. The molecule has 1 aromatic rings. The third-order valence-electron chi connectivity index (χ3n) is 2.42. The molecular weight excluding hydrogens is 220 g/mol. The molecule has 0 aliphatic rings. The lowest BCUT2D eigenvalue weighted by Gasteiger charge is -2.09. The second kappa shape index (κ2) is 10.8. The van der Waals surface area contributed by atoms with Crippen molar-refractivity contribution in [2.45, 2.75) is 40.7 Å². The molecule has 0 N–H and O–H groups in total. The van der Waals surface area contributed by atoms with Crippen molar-refractivity contribution in [1.29, 1.82) is 0 Å². The van der Waals surface area contributed by atoms with Gasteiger partial charge in [0.25, 0.3) is 0 Å². The van der Waals surface area contributed by atoms with Gasteiger partial charge in [0.15, 0.2) is 0 Å². The minimum atomic E-state index is 0. The summed E-state index contributed by atoms with van der Waals surface area (Å²) in [5.41, 5.74) is 3.72. The Morgan fingerprint density at radius 2 is 2.00 bits per heavy atom. The van der Waals surface area contributed by atoms with Crippen LogP contribution in [0.3, 0.4) is 0 Å². The van der Waals surface area contributed by atoms with Gasteiger partial charge >= 0.3 is 0 Å². The van der Waals surface area contributed by atoms with Crippen LogP contribution in [0.15, 0.2) is 43.0 Å². The Hall–Kier alpha value is -1.34. The van der Waals surface area contributed by atoms with Crippen LogP contribution in [0.5, 0.6) is 0 Å². The minimum Gasteiger partial charge on any atom is -0.377 e. The second-order valence-corrected chi connectivity index (χ2v) is 3.80. The lowest BCUT2D eigenvalue weighted by atomic mass is 10.0. The van der Waals surface area contributed by atoms with Gasteiger partial charge in [0, 0.05) is 8.03 Å². The van der Waals surface area contributed by atoms with Crippen LogP contribution in [0.4, 0.5) is 0 Å². The largest absolute Gasteiger partial charge is 0.377 e. The van der Waals surface area contributed by atoms with Crippen molar-refractivity contribution < 1.29 is 6.16 Å². The monoisotopic (exact) mass is 248 g/mol. The van der Waals surface area contributed by atoms with E-state index in [1.807, 2.05) is 26.0 Å². The summed E-state index contributed by atoms with van der Waals surface area (Å²) < 4.78 is 5.58. The van der Waals surface area contributed by atoms with Gasteiger partial charge in [-0.15, -0.1) is 0 Å². The van der Waals surface area contributed by atoms with Gasteiger partial charge in [0.05, 0.1) is 6.61 Å². The van der Waals surface area contributed by atoms with E-state index in [1.54, 1.807) is 0 Å². The number of hydrogen-bond donors (Lipinski definition) is 0. The average molecular weight is 248 g/mol. The summed E-state index contributed by atoms with van der Waals surface area (Å²) in [5.74, 6) is 0. The molecule has 0 spiro atoms. The fraction of sp³-hybridized carbons (Fsp3) is 0.412. The van der Waals surface area contributed by atoms with E-state index in [2.05, 4.69) is 44.7 Å². The molecule has 1 nitrogen and oxygen atoms in total. The lowest BCUT2D eigenvalue weighted by molar-refractivity contribution is 0.121. The van der Waals surface area contributed by atoms with E-state index >= 15 is 0 Å². The van der Waals surface area contributed by atoms with Crippen molar-refractivity contribution in [2.75, 3.05) is 6.61 Å². The Balaban J connectivity index is 0. The SMILES string of the molecule is C=C/C=C(/C)c1ccccc1COCCC.CC.[HH]. The summed E-state index contributed by atoms with van der Waals surface area (Å²) >= 11 is 0. The molecule has 0 aliphatic carbocycles. The van der Waals surface area contributed by atoms with Crippen LogP contribution in [0.25, 0.3) is 5.57 Å². The predicted molar refractivity (Wildman–Crippen MR) is 83.7 cm³/mol. The standard InChI is InChI=1S/C15H20O.C2H6.H2/c1-4-8-13(3)15-10-7-6-9-14(15)12-16-11-5-2;1-2;/h4,6-10H,1,5,11-12H2,2-3H3;1-2H3;1H/b13-8-;;. The van der Waals surface area contributed by atoms with Crippen molar-refractivity contribution in [3.8, 4) is 0 Å². The average Bonchev–Trinajstić information content (AvgIpc) is 2.42. The predicted octanol–water partition coefficient (Wildman–Crippen LogP) is 5.47. The summed E-state index contributed by atoms with van der Waals surface area (Å²) in [6.07, 6.45) is 4.90. The van der Waals surface area contributed by atoms with Gasteiger partial charge in [-0.3, -0.25) is 0 Å². The third-order valence-corrected chi connectivity index (χ3v) is 2.42. The molecule has 0 unspecified atom stereocenters. The number of ether oxygens (including phenoxy) is 1. The summed E-state index contributed by atoms with van der Waals surface area (Å²) in [4.78, 5) is 0. The fourth-order valence-corrected chi connectivity index (χ4v) is 1.62. The molecule has 0 amide bonds. The number of benzene rings is 1. The van der Waals surface area contributed by atoms with E-state index in [-0.39, 0.29) is 1.43 Å². The van der Waals surface area contributed by atoms with Crippen LogP contribution in [-0.2, 0) is 11.3 Å². The minimum absolute atomic E-state index is 0. The molecular formula is C17H28O. The van der Waals surface area contributed by atoms with Gasteiger partial charge in [-0.1, -0.05) is 63.8 Å². The summed E-state index contributed by atoms with van der Waals surface area (Å²) in [6.45, 7) is 13.4. The zero-order valence-corrected chi connectivity index (χ0v) is 12.2. The number of hydrogen-bond acceptors (Lipinski definition) is 1. The zero-order chi connectivity index (χ0) is 13.8. The Morgan fingerprint density at radius 3 is 2.61 bits per heavy atom. The van der Waals surface area contributed by atoms with Crippen molar-refractivity contribution in [1.82, 2.24) is 0 Å². The van der Waals surface area contributed by atoms with E-state index in [1.165, 1.54) is 16.7 Å². The van der Waals surface area contributed by atoms with Crippen LogP contribution >= 0.6 is 0 Å². The normalized spacial score (nSPS) is 10.6. The van der Waals surface area contributed by atoms with Gasteiger partial charge in [-0.25, -0.2) is 0 Å². The molecule has 18 heavy (non-hydrogen) atoms. The van der Waals surface area contributed by atoms with Gasteiger partial charge in [-0.2, -0.15) is 0 Å². The number of allylic oxidation sites excluding steroid dienone is 3. The molecule has 1 heteroatoms. The molecule has 0 atom stereocenters. The first-order chi connectivity index (χ1) is 8.79. The van der Waals surface area contributed by atoms with E-state index in [0.29, 0.717) is 6.61 Å². The van der Waals surface area contributed by atoms with Crippen molar-refractivity contribution in [3.63, 3.8) is 0 Å². The molecule has 0 saturated heterocycles. The topological polar surface area (TPSA) is 9.23 Å². The zero-order valence-electron chi connectivity index (χ0n) is 12.2. The Morgan fingerprint density at radius 1 is 1.33 bits per heavy atom. The van der Waals surface area contributed by atoms with Crippen LogP contribution in [0.1, 0.15) is 46.7 Å². The first kappa shape index (κ1) is 16.7. The van der Waals surface area contributed by atoms with Crippen LogP contribution in [0, 0.1) is 0 Å². The Labute approximate surface area is 114 Å². The molecule has 0 saturated carbocycles. The number of rotatable bonds is 6. The highest BCUT2D eigenvalue weighted by Gasteiger charge is 2.02. The first-order valence-electron chi connectivity index (χ1n) is 6.75. The Bertz CT molecular complexity index is 369. The summed E-state index contributed by atoms with van der Waals surface area (Å²) in [5, 5.41) is 0. The van der Waals surface area contributed by atoms with E-state index in [9.17, 15) is 0 Å². The third kappa shape index (κ3) is 5.83. The van der Waals surface area contributed by atoms with Gasteiger partial charge < -0.3 is 4.74 Å². The molecule has 0 aliphatic heterocycles. The highest BCUT2D eigenvalue weighted by Crippen LogP contribution is 2.19. The van der Waals surface area contributed by atoms with E-state index in [0.717, 1.165) is 13.0 Å². The molecule has 0 fully saturated rings.